The number of carbonyl (C=O) groups is 1. The molecule has 4 nitrogen and oxygen atoms in total. The lowest BCUT2D eigenvalue weighted by molar-refractivity contribution is -0.137. The molecule has 126 valence electrons. The number of nitrogens with one attached hydrogen (secondary N) is 2. The Morgan fingerprint density at radius 1 is 1.29 bits per heavy atom. The molecule has 2 N–H and O–H groups in total. The molecular formula is C17H15F3N2O2. The van der Waals surface area contributed by atoms with E-state index in [0.717, 1.165) is 25.0 Å². The van der Waals surface area contributed by atoms with E-state index in [2.05, 4.69) is 10.3 Å². The van der Waals surface area contributed by atoms with Crippen molar-refractivity contribution < 1.29 is 18.0 Å². The van der Waals surface area contributed by atoms with E-state index >= 15 is 0 Å². The lowest BCUT2D eigenvalue weighted by Gasteiger charge is -2.08. The summed E-state index contributed by atoms with van der Waals surface area (Å²) in [5, 5.41) is 2.96. The molecule has 0 spiro atoms. The van der Waals surface area contributed by atoms with Gasteiger partial charge >= 0.3 is 6.18 Å². The average Bonchev–Trinajstić information content (AvgIpc) is 3.33. The second-order valence-electron chi connectivity index (χ2n) is 5.79. The molecule has 1 fully saturated rings. The van der Waals surface area contributed by atoms with E-state index in [1.54, 1.807) is 0 Å². The van der Waals surface area contributed by atoms with Crippen LogP contribution in [0.15, 0.2) is 41.2 Å². The van der Waals surface area contributed by atoms with Gasteiger partial charge in [0.15, 0.2) is 0 Å². The van der Waals surface area contributed by atoms with Gasteiger partial charge in [-0.05, 0) is 42.3 Å². The highest BCUT2D eigenvalue weighted by atomic mass is 19.4. The predicted molar refractivity (Wildman–Crippen MR) is 83.8 cm³/mol. The molecule has 1 aromatic heterocycles. The molecule has 2 aromatic rings. The number of fused-ring (bicyclic) bond motifs is 1. The number of alkyl halides is 3. The topological polar surface area (TPSA) is 62.0 Å². The maximum Gasteiger partial charge on any atom is 0.416 e. The summed E-state index contributed by atoms with van der Waals surface area (Å²) in [7, 11) is 0. The normalized spacial score (nSPS) is 15.1. The first-order chi connectivity index (χ1) is 11.3. The highest BCUT2D eigenvalue weighted by molar-refractivity contribution is 5.97. The van der Waals surface area contributed by atoms with E-state index in [9.17, 15) is 22.8 Å². The van der Waals surface area contributed by atoms with Crippen molar-refractivity contribution in [2.24, 2.45) is 5.92 Å². The SMILES string of the molecule is O=C(NC/C=C/C1CC1)c1cc2ccc(C(F)(F)F)cc2[nH]c1=O. The first-order valence-corrected chi connectivity index (χ1v) is 7.54. The minimum atomic E-state index is -4.49. The number of hydrogen-bond acceptors (Lipinski definition) is 2. The van der Waals surface area contributed by atoms with Gasteiger partial charge in [-0.25, -0.2) is 0 Å². The van der Waals surface area contributed by atoms with Crippen LogP contribution in [0.5, 0.6) is 0 Å². The van der Waals surface area contributed by atoms with Crippen LogP contribution >= 0.6 is 0 Å². The van der Waals surface area contributed by atoms with E-state index in [1.165, 1.54) is 12.1 Å². The van der Waals surface area contributed by atoms with Gasteiger partial charge in [-0.2, -0.15) is 13.2 Å². The first-order valence-electron chi connectivity index (χ1n) is 7.54. The fraction of sp³-hybridized carbons (Fsp3) is 0.294. The number of rotatable bonds is 4. The van der Waals surface area contributed by atoms with Gasteiger partial charge in [0.2, 0.25) is 0 Å². The summed E-state index contributed by atoms with van der Waals surface area (Å²) >= 11 is 0. The number of carbonyl (C=O) groups excluding carboxylic acids is 1. The van der Waals surface area contributed by atoms with E-state index in [1.807, 2.05) is 12.2 Å². The smallest absolute Gasteiger partial charge is 0.348 e. The van der Waals surface area contributed by atoms with Crippen molar-refractivity contribution in [2.45, 2.75) is 19.0 Å². The molecule has 0 saturated heterocycles. The summed E-state index contributed by atoms with van der Waals surface area (Å²) < 4.78 is 38.1. The zero-order chi connectivity index (χ0) is 17.3. The largest absolute Gasteiger partial charge is 0.416 e. The molecule has 1 aliphatic rings. The summed E-state index contributed by atoms with van der Waals surface area (Å²) in [6, 6.07) is 4.31. The number of aromatic nitrogens is 1. The second-order valence-corrected chi connectivity index (χ2v) is 5.79. The van der Waals surface area contributed by atoms with Crippen LogP contribution in [0.1, 0.15) is 28.8 Å². The molecule has 3 rings (SSSR count). The van der Waals surface area contributed by atoms with Crippen molar-refractivity contribution in [1.29, 1.82) is 0 Å². The van der Waals surface area contributed by atoms with Crippen LogP contribution in [-0.2, 0) is 6.18 Å². The fourth-order valence-corrected chi connectivity index (χ4v) is 2.34. The zero-order valence-electron chi connectivity index (χ0n) is 12.6. The van der Waals surface area contributed by atoms with Crippen LogP contribution in [0.25, 0.3) is 10.9 Å². The van der Waals surface area contributed by atoms with Crippen molar-refractivity contribution in [3.8, 4) is 0 Å². The molecular weight excluding hydrogens is 321 g/mol. The van der Waals surface area contributed by atoms with Gasteiger partial charge in [0.1, 0.15) is 5.56 Å². The second kappa shape index (κ2) is 6.14. The number of benzene rings is 1. The summed E-state index contributed by atoms with van der Waals surface area (Å²) in [5.74, 6) is 0.0345. The van der Waals surface area contributed by atoms with Crippen LogP contribution in [0.3, 0.4) is 0 Å². The third kappa shape index (κ3) is 3.67. The van der Waals surface area contributed by atoms with Crippen molar-refractivity contribution in [2.75, 3.05) is 6.54 Å². The number of hydrogen-bond donors (Lipinski definition) is 2. The fourth-order valence-electron chi connectivity index (χ4n) is 2.34. The van der Waals surface area contributed by atoms with Gasteiger partial charge in [0.05, 0.1) is 5.56 Å². The maximum atomic E-state index is 12.7. The highest BCUT2D eigenvalue weighted by Crippen LogP contribution is 2.31. The summed E-state index contributed by atoms with van der Waals surface area (Å²) in [6.07, 6.45) is 1.68. The van der Waals surface area contributed by atoms with Gasteiger partial charge in [-0.3, -0.25) is 9.59 Å². The number of aromatic amines is 1. The molecule has 1 saturated carbocycles. The molecule has 0 atom stereocenters. The molecule has 7 heteroatoms. The Morgan fingerprint density at radius 3 is 2.71 bits per heavy atom. The average molecular weight is 336 g/mol. The van der Waals surface area contributed by atoms with Gasteiger partial charge in [0, 0.05) is 12.1 Å². The van der Waals surface area contributed by atoms with Crippen LogP contribution in [0, 0.1) is 5.92 Å². The number of amides is 1. The van der Waals surface area contributed by atoms with E-state index in [4.69, 9.17) is 0 Å². The van der Waals surface area contributed by atoms with Crippen LogP contribution < -0.4 is 10.9 Å². The van der Waals surface area contributed by atoms with Crippen molar-refractivity contribution >= 4 is 16.8 Å². The minimum Gasteiger partial charge on any atom is -0.348 e. The Hall–Kier alpha value is -2.57. The molecule has 1 amide bonds. The first kappa shape index (κ1) is 16.3. The number of H-pyrrole nitrogens is 1. The Balaban J connectivity index is 1.82. The molecule has 1 aliphatic carbocycles. The van der Waals surface area contributed by atoms with Gasteiger partial charge in [-0.1, -0.05) is 18.2 Å². The summed E-state index contributed by atoms with van der Waals surface area (Å²) in [4.78, 5) is 26.4. The molecule has 0 radical (unpaired) electrons. The van der Waals surface area contributed by atoms with Crippen LogP contribution in [0.2, 0.25) is 0 Å². The Bertz CT molecular complexity index is 864. The van der Waals surface area contributed by atoms with Crippen molar-refractivity contribution in [3.63, 3.8) is 0 Å². The van der Waals surface area contributed by atoms with Gasteiger partial charge < -0.3 is 10.3 Å². The molecule has 0 aliphatic heterocycles. The maximum absolute atomic E-state index is 12.7. The highest BCUT2D eigenvalue weighted by Gasteiger charge is 2.30. The third-order valence-electron chi connectivity index (χ3n) is 3.83. The van der Waals surface area contributed by atoms with E-state index < -0.39 is 23.2 Å². The van der Waals surface area contributed by atoms with E-state index in [0.29, 0.717) is 17.8 Å². The molecule has 1 aromatic carbocycles. The summed E-state index contributed by atoms with van der Waals surface area (Å²) in [6.45, 7) is 0.305. The molecule has 24 heavy (non-hydrogen) atoms. The summed E-state index contributed by atoms with van der Waals surface area (Å²) in [5.41, 5.74) is -1.65. The monoisotopic (exact) mass is 336 g/mol. The van der Waals surface area contributed by atoms with E-state index in [-0.39, 0.29) is 11.1 Å². The number of pyridine rings is 1. The Labute approximate surface area is 135 Å². The quantitative estimate of drug-likeness (QED) is 0.842. The number of allylic oxidation sites excluding steroid dienone is 1. The van der Waals surface area contributed by atoms with Crippen LogP contribution in [-0.4, -0.2) is 17.4 Å². The zero-order valence-corrected chi connectivity index (χ0v) is 12.6. The number of halogens is 3. The third-order valence-corrected chi connectivity index (χ3v) is 3.83. The minimum absolute atomic E-state index is 0.0417. The Morgan fingerprint density at radius 2 is 2.04 bits per heavy atom. The molecule has 1 heterocycles. The molecule has 0 bridgehead atoms. The lowest BCUT2D eigenvalue weighted by atomic mass is 10.1. The Kier molecular flexibility index (Phi) is 4.17. The molecule has 0 unspecified atom stereocenters. The van der Waals surface area contributed by atoms with Gasteiger partial charge in [-0.15, -0.1) is 0 Å². The van der Waals surface area contributed by atoms with Crippen molar-refractivity contribution in [1.82, 2.24) is 10.3 Å². The standard InChI is InChI=1S/C17H15F3N2O2/c18-17(19,20)12-6-5-11-8-13(16(24)22-14(11)9-12)15(23)21-7-1-2-10-3-4-10/h1-2,5-6,8-10H,3-4,7H2,(H,21,23)(H,22,24)/b2-1+. The van der Waals surface area contributed by atoms with Gasteiger partial charge in [0.25, 0.3) is 11.5 Å². The van der Waals surface area contributed by atoms with Crippen LogP contribution in [0.4, 0.5) is 13.2 Å². The predicted octanol–water partition coefficient (Wildman–Crippen LogP) is 3.24. The lowest BCUT2D eigenvalue weighted by Crippen LogP contribution is -2.29. The van der Waals surface area contributed by atoms with Crippen molar-refractivity contribution in [3.05, 3.63) is 57.9 Å².